The molecule has 0 radical (unpaired) electrons. The Balaban J connectivity index is 0.824. The summed E-state index contributed by atoms with van der Waals surface area (Å²) in [5.74, 6) is 2.41. The third kappa shape index (κ3) is 8.00. The number of aromatic nitrogens is 6. The van der Waals surface area contributed by atoms with E-state index in [1.165, 1.54) is 86.1 Å². The highest BCUT2D eigenvalue weighted by atomic mass is 15.2. The second kappa shape index (κ2) is 20.3. The number of hydrogen-bond acceptors (Lipinski definition) is 4. The number of fused-ring (bicyclic) bond motifs is 12. The molecular formula is C81H57N7. The van der Waals surface area contributed by atoms with Crippen molar-refractivity contribution in [3.8, 4) is 73.5 Å². The van der Waals surface area contributed by atoms with Crippen LogP contribution in [0.4, 0.5) is 11.4 Å². The summed E-state index contributed by atoms with van der Waals surface area (Å²) in [7, 11) is 0. The molecule has 12 aromatic carbocycles. The molecule has 2 atom stereocenters. The molecule has 7 nitrogen and oxygen atoms in total. The smallest absolute Gasteiger partial charge is 0.164 e. The summed E-state index contributed by atoms with van der Waals surface area (Å²) in [6.45, 7) is 0. The van der Waals surface area contributed by atoms with Crippen molar-refractivity contribution in [1.82, 2.24) is 28.7 Å². The van der Waals surface area contributed by atoms with Gasteiger partial charge >= 0.3 is 0 Å². The molecule has 7 heteroatoms. The van der Waals surface area contributed by atoms with E-state index in [0.717, 1.165) is 77.9 Å². The van der Waals surface area contributed by atoms with Crippen LogP contribution < -0.4 is 4.90 Å². The van der Waals surface area contributed by atoms with Crippen LogP contribution >= 0.6 is 0 Å². The summed E-state index contributed by atoms with van der Waals surface area (Å²) in [6, 6.07) is 104. The maximum absolute atomic E-state index is 5.48. The molecule has 2 unspecified atom stereocenters. The number of rotatable bonds is 9. The SMILES string of the molecule is c1ccc(-c2nc(-c3cccc(N4c5ccccc5C5CCCCC54)c3)nc(-c3ccc(-n4c5ccccc5c5ccccc54)c(-c4ccc5c(c4)c4ccc(-c6ccc7c(c6)c6ccccc6n7-c6ccccc6)cc4n5-c4ccccc4)c3)n2)cc1. The summed E-state index contributed by atoms with van der Waals surface area (Å²) < 4.78 is 7.26. The van der Waals surface area contributed by atoms with Crippen LogP contribution in [0.2, 0.25) is 0 Å². The first-order valence-electron chi connectivity index (χ1n) is 30.8. The zero-order valence-corrected chi connectivity index (χ0v) is 48.2. The molecule has 18 rings (SSSR count). The van der Waals surface area contributed by atoms with E-state index in [2.05, 4.69) is 298 Å². The molecule has 416 valence electrons. The van der Waals surface area contributed by atoms with Crippen molar-refractivity contribution in [1.29, 1.82) is 0 Å². The fourth-order valence-corrected chi connectivity index (χ4v) is 15.0. The van der Waals surface area contributed by atoms with Crippen molar-refractivity contribution >= 4 is 76.8 Å². The maximum Gasteiger partial charge on any atom is 0.164 e. The van der Waals surface area contributed by atoms with Gasteiger partial charge in [0.2, 0.25) is 0 Å². The lowest BCUT2D eigenvalue weighted by atomic mass is 9.82. The van der Waals surface area contributed by atoms with E-state index in [-0.39, 0.29) is 0 Å². The van der Waals surface area contributed by atoms with E-state index in [9.17, 15) is 0 Å². The Labute approximate surface area is 509 Å². The Bertz CT molecular complexity index is 5370. The lowest BCUT2D eigenvalue weighted by molar-refractivity contribution is 0.402. The molecule has 0 bridgehead atoms. The second-order valence-electron chi connectivity index (χ2n) is 23.8. The minimum atomic E-state index is 0.426. The van der Waals surface area contributed by atoms with Gasteiger partial charge in [-0.1, -0.05) is 189 Å². The van der Waals surface area contributed by atoms with E-state index in [1.54, 1.807) is 0 Å². The second-order valence-corrected chi connectivity index (χ2v) is 23.8. The van der Waals surface area contributed by atoms with Gasteiger partial charge in [-0.25, -0.2) is 15.0 Å². The van der Waals surface area contributed by atoms with Crippen molar-refractivity contribution in [2.24, 2.45) is 0 Å². The van der Waals surface area contributed by atoms with E-state index in [1.807, 2.05) is 6.07 Å². The van der Waals surface area contributed by atoms with Crippen LogP contribution in [-0.4, -0.2) is 34.7 Å². The Morgan fingerprint density at radius 2 is 0.739 bits per heavy atom. The van der Waals surface area contributed by atoms with Gasteiger partial charge < -0.3 is 18.6 Å². The van der Waals surface area contributed by atoms with E-state index >= 15 is 0 Å². The van der Waals surface area contributed by atoms with Gasteiger partial charge in [-0.3, -0.25) is 0 Å². The summed E-state index contributed by atoms with van der Waals surface area (Å²) in [5, 5.41) is 7.22. The van der Waals surface area contributed by atoms with Crippen molar-refractivity contribution in [3.05, 3.63) is 291 Å². The number of anilines is 2. The zero-order valence-electron chi connectivity index (χ0n) is 48.2. The van der Waals surface area contributed by atoms with Gasteiger partial charge in [0.05, 0.1) is 38.8 Å². The Morgan fingerprint density at radius 1 is 0.273 bits per heavy atom. The highest BCUT2D eigenvalue weighted by molar-refractivity contribution is 6.14. The summed E-state index contributed by atoms with van der Waals surface area (Å²) >= 11 is 0. The molecule has 2 aliphatic rings. The van der Waals surface area contributed by atoms with Crippen molar-refractivity contribution in [2.45, 2.75) is 37.6 Å². The van der Waals surface area contributed by atoms with Crippen LogP contribution in [-0.2, 0) is 0 Å². The van der Waals surface area contributed by atoms with Crippen LogP contribution in [0.3, 0.4) is 0 Å². The maximum atomic E-state index is 5.48. The first kappa shape index (κ1) is 50.2. The van der Waals surface area contributed by atoms with Gasteiger partial charge in [0.1, 0.15) is 0 Å². The Morgan fingerprint density at radius 3 is 1.43 bits per heavy atom. The fourth-order valence-electron chi connectivity index (χ4n) is 15.0. The minimum absolute atomic E-state index is 0.426. The van der Waals surface area contributed by atoms with Crippen molar-refractivity contribution in [2.75, 3.05) is 4.90 Å². The van der Waals surface area contributed by atoms with Crippen LogP contribution in [0.25, 0.3) is 139 Å². The molecule has 1 saturated carbocycles. The molecule has 16 aromatic rings. The number of hydrogen-bond donors (Lipinski definition) is 0. The molecule has 1 fully saturated rings. The van der Waals surface area contributed by atoms with Gasteiger partial charge in [0, 0.05) is 89.3 Å². The third-order valence-corrected chi connectivity index (χ3v) is 18.9. The van der Waals surface area contributed by atoms with E-state index < -0.39 is 0 Å². The molecule has 0 spiro atoms. The normalized spacial score (nSPS) is 14.8. The topological polar surface area (TPSA) is 56.7 Å². The minimum Gasteiger partial charge on any atom is -0.337 e. The highest BCUT2D eigenvalue weighted by Gasteiger charge is 2.40. The average molecular weight is 1130 g/mol. The molecule has 1 aliphatic heterocycles. The molecule has 0 saturated heterocycles. The quantitative estimate of drug-likeness (QED) is 0.145. The summed E-state index contributed by atoms with van der Waals surface area (Å²) in [6.07, 6.45) is 4.92. The van der Waals surface area contributed by atoms with Crippen molar-refractivity contribution in [3.63, 3.8) is 0 Å². The lowest BCUT2D eigenvalue weighted by Crippen LogP contribution is -2.32. The molecule has 0 amide bonds. The standard InChI is InChI=1S/C81H57N7/c1-4-21-52(22-5-1)79-82-80(56-23-20-28-60(47-56)87-70-34-15-10-29-61(70)62-30-11-16-35-71(62)87)84-81(83-79)57-42-46-75(88-73-37-18-12-31-63(73)64-32-13-19-38-74(64)88)67(50-57)55-41-45-77-69(49-55)66-43-39-54(51-78(66)86(77)59-26-8-3-9-27-59)53-40-44-76-68(48-53)65-33-14-17-36-72(65)85(76)58-24-6-2-7-25-58/h1-10,12-15,17-29,31-34,36-51,62,71H,11,16,30,35H2. The first-order chi connectivity index (χ1) is 43.6. The van der Waals surface area contributed by atoms with Crippen LogP contribution in [0.5, 0.6) is 0 Å². The monoisotopic (exact) mass is 1130 g/mol. The van der Waals surface area contributed by atoms with Gasteiger partial charge in [-0.15, -0.1) is 0 Å². The number of benzene rings is 12. The Hall–Kier alpha value is -11.2. The predicted molar refractivity (Wildman–Crippen MR) is 364 cm³/mol. The lowest BCUT2D eigenvalue weighted by Gasteiger charge is -2.33. The molecule has 1 aliphatic carbocycles. The molecule has 4 aromatic heterocycles. The average Bonchev–Trinajstić information content (AvgIpc) is 2.30. The molecule has 88 heavy (non-hydrogen) atoms. The number of para-hydroxylation sites is 6. The molecule has 0 N–H and O–H groups in total. The molecular weight excluding hydrogens is 1070 g/mol. The summed E-state index contributed by atoms with van der Waals surface area (Å²) in [5.41, 5.74) is 21.5. The number of nitrogens with zero attached hydrogens (tertiary/aromatic N) is 7. The zero-order chi connectivity index (χ0) is 57.8. The van der Waals surface area contributed by atoms with Crippen molar-refractivity contribution < 1.29 is 0 Å². The van der Waals surface area contributed by atoms with Gasteiger partial charge in [-0.05, 0) is 144 Å². The summed E-state index contributed by atoms with van der Waals surface area (Å²) in [4.78, 5) is 18.8. The van der Waals surface area contributed by atoms with E-state index in [0.29, 0.717) is 29.4 Å². The molecule has 5 heterocycles. The van der Waals surface area contributed by atoms with Gasteiger partial charge in [0.15, 0.2) is 17.5 Å². The van der Waals surface area contributed by atoms with Crippen LogP contribution in [0, 0.1) is 0 Å². The van der Waals surface area contributed by atoms with E-state index in [4.69, 9.17) is 15.0 Å². The van der Waals surface area contributed by atoms with Crippen LogP contribution in [0.1, 0.15) is 37.2 Å². The van der Waals surface area contributed by atoms with Crippen LogP contribution in [0.15, 0.2) is 285 Å². The highest BCUT2D eigenvalue weighted by Crippen LogP contribution is 2.51. The van der Waals surface area contributed by atoms with Gasteiger partial charge in [0.25, 0.3) is 0 Å². The fraction of sp³-hybridized carbons (Fsp3) is 0.0741. The largest absolute Gasteiger partial charge is 0.337 e. The first-order valence-corrected chi connectivity index (χ1v) is 30.8. The predicted octanol–water partition coefficient (Wildman–Crippen LogP) is 20.7. The third-order valence-electron chi connectivity index (χ3n) is 18.9. The Kier molecular flexibility index (Phi) is 11.6. The van der Waals surface area contributed by atoms with Gasteiger partial charge in [-0.2, -0.15) is 0 Å².